The third kappa shape index (κ3) is 2.43. The average molecular weight is 270 g/mol. The summed E-state index contributed by atoms with van der Waals surface area (Å²) >= 11 is 6.37. The van der Waals surface area contributed by atoms with Crippen molar-refractivity contribution in [2.75, 3.05) is 20.8 Å². The third-order valence-electron chi connectivity index (χ3n) is 3.56. The molecule has 3 nitrogen and oxygen atoms in total. The summed E-state index contributed by atoms with van der Waals surface area (Å²) in [5.41, 5.74) is 2.03. The first-order chi connectivity index (χ1) is 8.69. The second kappa shape index (κ2) is 5.81. The molecule has 0 bridgehead atoms. The molecule has 1 fully saturated rings. The molecule has 0 aliphatic carbocycles. The average Bonchev–Trinajstić information content (AvgIpc) is 2.42. The fourth-order valence-corrected chi connectivity index (χ4v) is 2.80. The van der Waals surface area contributed by atoms with Gasteiger partial charge in [-0.05, 0) is 32.4 Å². The summed E-state index contributed by atoms with van der Waals surface area (Å²) in [4.78, 5) is 0. The van der Waals surface area contributed by atoms with Gasteiger partial charge in [-0.2, -0.15) is 0 Å². The number of ether oxygens (including phenoxy) is 2. The number of methoxy groups -OCH3 is 2. The highest BCUT2D eigenvalue weighted by molar-refractivity contribution is 6.33. The van der Waals surface area contributed by atoms with Crippen LogP contribution in [0, 0.1) is 6.92 Å². The Labute approximate surface area is 113 Å². The highest BCUT2D eigenvalue weighted by Gasteiger charge is 2.23. The van der Waals surface area contributed by atoms with Crippen LogP contribution in [0.3, 0.4) is 0 Å². The molecule has 18 heavy (non-hydrogen) atoms. The molecule has 1 unspecified atom stereocenters. The fourth-order valence-electron chi connectivity index (χ4n) is 2.52. The quantitative estimate of drug-likeness (QED) is 0.911. The third-order valence-corrected chi connectivity index (χ3v) is 4.01. The summed E-state index contributed by atoms with van der Waals surface area (Å²) in [6.45, 7) is 2.99. The largest absolute Gasteiger partial charge is 0.496 e. The minimum absolute atomic E-state index is 0.306. The van der Waals surface area contributed by atoms with E-state index in [2.05, 4.69) is 5.32 Å². The van der Waals surface area contributed by atoms with Crippen molar-refractivity contribution in [3.05, 3.63) is 22.2 Å². The lowest BCUT2D eigenvalue weighted by Crippen LogP contribution is -2.27. The van der Waals surface area contributed by atoms with Gasteiger partial charge in [0.15, 0.2) is 0 Å². The monoisotopic (exact) mass is 269 g/mol. The molecule has 0 amide bonds. The highest BCUT2D eigenvalue weighted by atomic mass is 35.5. The molecule has 4 heteroatoms. The summed E-state index contributed by atoms with van der Waals surface area (Å²) in [6.07, 6.45) is 3.57. The predicted octanol–water partition coefficient (Wildman–Crippen LogP) is 3.48. The molecule has 1 aliphatic heterocycles. The Morgan fingerprint density at radius 2 is 2.06 bits per heavy atom. The van der Waals surface area contributed by atoms with E-state index in [1.807, 2.05) is 13.0 Å². The molecular weight excluding hydrogens is 250 g/mol. The zero-order valence-electron chi connectivity index (χ0n) is 11.2. The standard InChI is InChI=1S/C14H20ClNO2/c1-9-12(17-2)8-10(14(18-3)13(9)15)11-6-4-5-7-16-11/h8,11,16H,4-7H2,1-3H3. The Kier molecular flexibility index (Phi) is 4.36. The Hall–Kier alpha value is -0.930. The van der Waals surface area contributed by atoms with Gasteiger partial charge in [0.05, 0.1) is 19.2 Å². The van der Waals surface area contributed by atoms with E-state index in [0.29, 0.717) is 11.1 Å². The molecular formula is C14H20ClNO2. The van der Waals surface area contributed by atoms with E-state index >= 15 is 0 Å². The van der Waals surface area contributed by atoms with Crippen molar-refractivity contribution < 1.29 is 9.47 Å². The van der Waals surface area contributed by atoms with E-state index in [-0.39, 0.29) is 0 Å². The summed E-state index contributed by atoms with van der Waals surface area (Å²) in [5, 5.41) is 4.17. The summed E-state index contributed by atoms with van der Waals surface area (Å²) in [5.74, 6) is 1.59. The first kappa shape index (κ1) is 13.5. The topological polar surface area (TPSA) is 30.5 Å². The van der Waals surface area contributed by atoms with Crippen molar-refractivity contribution in [3.63, 3.8) is 0 Å². The first-order valence-electron chi connectivity index (χ1n) is 6.33. The zero-order valence-corrected chi connectivity index (χ0v) is 11.9. The lowest BCUT2D eigenvalue weighted by atomic mass is 9.95. The van der Waals surface area contributed by atoms with Gasteiger partial charge in [0, 0.05) is 17.2 Å². The van der Waals surface area contributed by atoms with E-state index in [1.54, 1.807) is 14.2 Å². The lowest BCUT2D eigenvalue weighted by Gasteiger charge is -2.26. The first-order valence-corrected chi connectivity index (χ1v) is 6.71. The van der Waals surface area contributed by atoms with E-state index in [1.165, 1.54) is 12.8 Å². The van der Waals surface area contributed by atoms with Crippen molar-refractivity contribution in [2.45, 2.75) is 32.2 Å². The minimum atomic E-state index is 0.306. The zero-order chi connectivity index (χ0) is 13.1. The second-order valence-corrected chi connectivity index (χ2v) is 5.02. The number of hydrogen-bond acceptors (Lipinski definition) is 3. The van der Waals surface area contributed by atoms with Gasteiger partial charge in [-0.15, -0.1) is 0 Å². The van der Waals surface area contributed by atoms with Crippen LogP contribution in [0.1, 0.15) is 36.4 Å². The summed E-state index contributed by atoms with van der Waals surface area (Å²) in [7, 11) is 3.34. The predicted molar refractivity (Wildman–Crippen MR) is 73.9 cm³/mol. The molecule has 1 aliphatic rings. The smallest absolute Gasteiger partial charge is 0.142 e. The van der Waals surface area contributed by atoms with Crippen molar-refractivity contribution in [3.8, 4) is 11.5 Å². The number of hydrogen-bond donors (Lipinski definition) is 1. The molecule has 0 spiro atoms. The molecule has 1 aromatic rings. The van der Waals surface area contributed by atoms with Crippen molar-refractivity contribution in [1.82, 2.24) is 5.32 Å². The summed E-state index contributed by atoms with van der Waals surface area (Å²) in [6, 6.07) is 2.35. The molecule has 0 radical (unpaired) electrons. The number of halogens is 1. The van der Waals surface area contributed by atoms with E-state index in [9.17, 15) is 0 Å². The van der Waals surface area contributed by atoms with Gasteiger partial charge in [-0.3, -0.25) is 0 Å². The van der Waals surface area contributed by atoms with Gasteiger partial charge in [-0.25, -0.2) is 0 Å². The summed E-state index contributed by atoms with van der Waals surface area (Å²) < 4.78 is 10.9. The molecule has 1 atom stereocenters. The highest BCUT2D eigenvalue weighted by Crippen LogP contribution is 2.41. The molecule has 1 saturated heterocycles. The maximum Gasteiger partial charge on any atom is 0.142 e. The van der Waals surface area contributed by atoms with Gasteiger partial charge in [0.2, 0.25) is 0 Å². The number of piperidine rings is 1. The number of rotatable bonds is 3. The van der Waals surface area contributed by atoms with Gasteiger partial charge < -0.3 is 14.8 Å². The maximum absolute atomic E-state index is 6.37. The number of benzene rings is 1. The van der Waals surface area contributed by atoms with E-state index in [0.717, 1.165) is 35.6 Å². The van der Waals surface area contributed by atoms with Crippen LogP contribution in [0.5, 0.6) is 11.5 Å². The SMILES string of the molecule is COc1cc(C2CCCCN2)c(OC)c(Cl)c1C. The Balaban J connectivity index is 2.46. The molecule has 0 saturated carbocycles. The number of nitrogens with one attached hydrogen (secondary N) is 1. The molecule has 0 aromatic heterocycles. The van der Waals surface area contributed by atoms with Crippen LogP contribution in [-0.4, -0.2) is 20.8 Å². The van der Waals surface area contributed by atoms with E-state index in [4.69, 9.17) is 21.1 Å². The van der Waals surface area contributed by atoms with Crippen LogP contribution in [0.15, 0.2) is 6.07 Å². The Bertz CT molecular complexity index is 428. The second-order valence-electron chi connectivity index (χ2n) is 4.64. The molecule has 2 rings (SSSR count). The van der Waals surface area contributed by atoms with Crippen molar-refractivity contribution >= 4 is 11.6 Å². The Morgan fingerprint density at radius 3 is 2.61 bits per heavy atom. The van der Waals surface area contributed by atoms with Crippen LogP contribution in [-0.2, 0) is 0 Å². The molecule has 1 heterocycles. The molecule has 1 aromatic carbocycles. The normalized spacial score (nSPS) is 19.7. The van der Waals surface area contributed by atoms with Gasteiger partial charge >= 0.3 is 0 Å². The fraction of sp³-hybridized carbons (Fsp3) is 0.571. The minimum Gasteiger partial charge on any atom is -0.496 e. The van der Waals surface area contributed by atoms with Crippen LogP contribution >= 0.6 is 11.6 Å². The van der Waals surface area contributed by atoms with Crippen molar-refractivity contribution in [2.24, 2.45) is 0 Å². The van der Waals surface area contributed by atoms with Gasteiger partial charge in [-0.1, -0.05) is 18.0 Å². The van der Waals surface area contributed by atoms with Gasteiger partial charge in [0.1, 0.15) is 11.5 Å². The van der Waals surface area contributed by atoms with Crippen LogP contribution in [0.25, 0.3) is 0 Å². The van der Waals surface area contributed by atoms with Crippen LogP contribution in [0.4, 0.5) is 0 Å². The molecule has 1 N–H and O–H groups in total. The lowest BCUT2D eigenvalue weighted by molar-refractivity contribution is 0.367. The van der Waals surface area contributed by atoms with E-state index < -0.39 is 0 Å². The Morgan fingerprint density at radius 1 is 1.28 bits per heavy atom. The van der Waals surface area contributed by atoms with Crippen LogP contribution in [0.2, 0.25) is 5.02 Å². The van der Waals surface area contributed by atoms with Crippen molar-refractivity contribution in [1.29, 1.82) is 0 Å². The molecule has 100 valence electrons. The maximum atomic E-state index is 6.37. The van der Waals surface area contributed by atoms with Crippen LogP contribution < -0.4 is 14.8 Å². The van der Waals surface area contributed by atoms with Gasteiger partial charge in [0.25, 0.3) is 0 Å².